The third-order valence-corrected chi connectivity index (χ3v) is 5.57. The highest BCUT2D eigenvalue weighted by Crippen LogP contribution is 2.27. The molecule has 0 saturated carbocycles. The summed E-state index contributed by atoms with van der Waals surface area (Å²) in [6.07, 6.45) is 1.33. The van der Waals surface area contributed by atoms with Crippen LogP contribution in [0.2, 0.25) is 15.1 Å². The van der Waals surface area contributed by atoms with Crippen LogP contribution < -0.4 is 15.5 Å². The lowest BCUT2D eigenvalue weighted by Crippen LogP contribution is -2.39. The molecule has 3 aromatic carbocycles. The Bertz CT molecular complexity index is 1150. The van der Waals surface area contributed by atoms with E-state index >= 15 is 0 Å². The van der Waals surface area contributed by atoms with Crippen LogP contribution >= 0.6 is 34.8 Å². The molecule has 0 radical (unpaired) electrons. The molecule has 0 saturated heterocycles. The molecule has 0 aliphatic heterocycles. The Kier molecular flexibility index (Phi) is 8.72. The highest BCUT2D eigenvalue weighted by molar-refractivity contribution is 6.36. The molecule has 0 unspecified atom stereocenters. The van der Waals surface area contributed by atoms with Crippen LogP contribution in [-0.4, -0.2) is 18.0 Å². The lowest BCUT2D eigenvalue weighted by atomic mass is 10.1. The first kappa shape index (κ1) is 24.6. The standard InChI is InChI=1S/C24H20Cl3N3O3/c1-15(16-6-3-2-4-7-16)29-23(31)24(32)30-28-13-17-12-18(25)10-11-22(17)33-14-19-20(26)8-5-9-21(19)27/h2-13,15H,14H2,1H3,(H,29,31)(H,30,32)/b28-13-/t15-/m0/s1. The van der Waals surface area contributed by atoms with Gasteiger partial charge in [0.25, 0.3) is 0 Å². The molecule has 2 N–H and O–H groups in total. The number of amides is 2. The maximum atomic E-state index is 12.1. The quantitative estimate of drug-likeness (QED) is 0.251. The molecule has 33 heavy (non-hydrogen) atoms. The zero-order valence-electron chi connectivity index (χ0n) is 17.5. The third-order valence-electron chi connectivity index (χ3n) is 4.63. The van der Waals surface area contributed by atoms with Crippen LogP contribution in [0.5, 0.6) is 5.75 Å². The van der Waals surface area contributed by atoms with Gasteiger partial charge in [-0.15, -0.1) is 0 Å². The second-order valence-electron chi connectivity index (χ2n) is 6.98. The van der Waals surface area contributed by atoms with Crippen LogP contribution in [0.25, 0.3) is 0 Å². The lowest BCUT2D eigenvalue weighted by molar-refractivity contribution is -0.139. The second kappa shape index (κ2) is 11.7. The Hall–Kier alpha value is -3.06. The van der Waals surface area contributed by atoms with Gasteiger partial charge in [-0.05, 0) is 42.8 Å². The van der Waals surface area contributed by atoms with Crippen molar-refractivity contribution in [2.24, 2.45) is 5.10 Å². The molecule has 2 amide bonds. The molecule has 3 aromatic rings. The maximum Gasteiger partial charge on any atom is 0.329 e. The van der Waals surface area contributed by atoms with Gasteiger partial charge in [0.2, 0.25) is 0 Å². The fraction of sp³-hybridized carbons (Fsp3) is 0.125. The monoisotopic (exact) mass is 503 g/mol. The molecule has 170 valence electrons. The van der Waals surface area contributed by atoms with Gasteiger partial charge < -0.3 is 10.1 Å². The summed E-state index contributed by atoms with van der Waals surface area (Å²) in [4.78, 5) is 24.3. The third kappa shape index (κ3) is 6.96. The summed E-state index contributed by atoms with van der Waals surface area (Å²) in [5.41, 5.74) is 4.21. The van der Waals surface area contributed by atoms with Crippen molar-refractivity contribution in [2.45, 2.75) is 19.6 Å². The smallest absolute Gasteiger partial charge is 0.329 e. The van der Waals surface area contributed by atoms with Crippen LogP contribution in [0.15, 0.2) is 71.8 Å². The molecule has 0 aliphatic rings. The maximum absolute atomic E-state index is 12.1. The Labute approximate surface area is 206 Å². The number of hydrazone groups is 1. The number of nitrogens with zero attached hydrogens (tertiary/aromatic N) is 1. The SMILES string of the molecule is C[C@H](NC(=O)C(=O)N/N=C\c1cc(Cl)ccc1OCc1c(Cl)cccc1Cl)c1ccccc1. The number of ether oxygens (including phenoxy) is 1. The zero-order valence-corrected chi connectivity index (χ0v) is 19.8. The van der Waals surface area contributed by atoms with E-state index in [4.69, 9.17) is 39.5 Å². The van der Waals surface area contributed by atoms with Gasteiger partial charge in [-0.25, -0.2) is 5.43 Å². The van der Waals surface area contributed by atoms with E-state index in [-0.39, 0.29) is 12.6 Å². The normalized spacial score (nSPS) is 11.8. The van der Waals surface area contributed by atoms with E-state index in [0.717, 1.165) is 5.56 Å². The minimum Gasteiger partial charge on any atom is -0.488 e. The van der Waals surface area contributed by atoms with Crippen LogP contribution in [0, 0.1) is 0 Å². The number of benzene rings is 3. The molecular formula is C24H20Cl3N3O3. The predicted molar refractivity (Wildman–Crippen MR) is 131 cm³/mol. The van der Waals surface area contributed by atoms with E-state index in [0.29, 0.717) is 31.9 Å². The van der Waals surface area contributed by atoms with Gasteiger partial charge in [-0.1, -0.05) is 71.2 Å². The van der Waals surface area contributed by atoms with Gasteiger partial charge in [0.05, 0.1) is 12.3 Å². The Balaban J connectivity index is 1.62. The van der Waals surface area contributed by atoms with Crippen LogP contribution in [0.4, 0.5) is 0 Å². The van der Waals surface area contributed by atoms with Gasteiger partial charge in [0.15, 0.2) is 0 Å². The van der Waals surface area contributed by atoms with Crippen molar-refractivity contribution in [1.29, 1.82) is 0 Å². The Morgan fingerprint density at radius 1 is 0.970 bits per heavy atom. The summed E-state index contributed by atoms with van der Waals surface area (Å²) in [6, 6.07) is 19.1. The molecule has 6 nitrogen and oxygen atoms in total. The van der Waals surface area contributed by atoms with Crippen molar-refractivity contribution in [3.8, 4) is 5.75 Å². The first-order chi connectivity index (χ1) is 15.8. The van der Waals surface area contributed by atoms with Crippen LogP contribution in [-0.2, 0) is 16.2 Å². The minimum absolute atomic E-state index is 0.118. The number of carbonyl (C=O) groups is 2. The molecule has 0 aliphatic carbocycles. The van der Waals surface area contributed by atoms with E-state index in [1.54, 1.807) is 43.3 Å². The van der Waals surface area contributed by atoms with Crippen LogP contribution in [0.3, 0.4) is 0 Å². The molecule has 0 spiro atoms. The predicted octanol–water partition coefficient (Wildman–Crippen LogP) is 5.55. The van der Waals surface area contributed by atoms with Gasteiger partial charge in [0.1, 0.15) is 12.4 Å². The summed E-state index contributed by atoms with van der Waals surface area (Å²) in [5, 5.41) is 7.88. The number of nitrogens with one attached hydrogen (secondary N) is 2. The van der Waals surface area contributed by atoms with Gasteiger partial charge in [-0.2, -0.15) is 5.10 Å². The number of hydrogen-bond donors (Lipinski definition) is 2. The van der Waals surface area contributed by atoms with E-state index < -0.39 is 11.8 Å². The topological polar surface area (TPSA) is 79.8 Å². The van der Waals surface area contributed by atoms with E-state index in [2.05, 4.69) is 15.8 Å². The first-order valence-corrected chi connectivity index (χ1v) is 11.0. The average Bonchev–Trinajstić information content (AvgIpc) is 2.80. The first-order valence-electron chi connectivity index (χ1n) is 9.89. The fourth-order valence-corrected chi connectivity index (χ4v) is 3.56. The minimum atomic E-state index is -0.902. The van der Waals surface area contributed by atoms with Crippen molar-refractivity contribution in [3.63, 3.8) is 0 Å². The zero-order chi connectivity index (χ0) is 23.8. The summed E-state index contributed by atoms with van der Waals surface area (Å²) in [6.45, 7) is 1.90. The number of carbonyl (C=O) groups excluding carboxylic acids is 2. The summed E-state index contributed by atoms with van der Waals surface area (Å²) < 4.78 is 5.84. The average molecular weight is 505 g/mol. The summed E-state index contributed by atoms with van der Waals surface area (Å²) in [5.74, 6) is -1.27. The highest BCUT2D eigenvalue weighted by Gasteiger charge is 2.16. The number of hydrogen-bond acceptors (Lipinski definition) is 4. The van der Waals surface area contributed by atoms with Crippen molar-refractivity contribution in [1.82, 2.24) is 10.7 Å². The van der Waals surface area contributed by atoms with Gasteiger partial charge >= 0.3 is 11.8 Å². The van der Waals surface area contributed by atoms with Gasteiger partial charge in [-0.3, -0.25) is 9.59 Å². The van der Waals surface area contributed by atoms with Crippen molar-refractivity contribution in [3.05, 3.63) is 98.5 Å². The number of halogens is 3. The van der Waals surface area contributed by atoms with Gasteiger partial charge in [0, 0.05) is 26.2 Å². The summed E-state index contributed by atoms with van der Waals surface area (Å²) >= 11 is 18.5. The molecule has 0 heterocycles. The van der Waals surface area contributed by atoms with Crippen molar-refractivity contribution < 1.29 is 14.3 Å². The molecule has 0 bridgehead atoms. The molecular weight excluding hydrogens is 485 g/mol. The molecule has 0 fully saturated rings. The van der Waals surface area contributed by atoms with Crippen LogP contribution in [0.1, 0.15) is 29.7 Å². The molecule has 9 heteroatoms. The van der Waals surface area contributed by atoms with E-state index in [1.807, 2.05) is 30.3 Å². The van der Waals surface area contributed by atoms with E-state index in [1.165, 1.54) is 6.21 Å². The molecule has 1 atom stereocenters. The second-order valence-corrected chi connectivity index (χ2v) is 8.23. The van der Waals surface area contributed by atoms with Crippen molar-refractivity contribution >= 4 is 52.8 Å². The molecule has 0 aromatic heterocycles. The fourth-order valence-electron chi connectivity index (χ4n) is 2.87. The largest absolute Gasteiger partial charge is 0.488 e. The highest BCUT2D eigenvalue weighted by atomic mass is 35.5. The Morgan fingerprint density at radius 3 is 2.36 bits per heavy atom. The lowest BCUT2D eigenvalue weighted by Gasteiger charge is -2.13. The van der Waals surface area contributed by atoms with Crippen molar-refractivity contribution in [2.75, 3.05) is 0 Å². The molecule has 3 rings (SSSR count). The van der Waals surface area contributed by atoms with E-state index in [9.17, 15) is 9.59 Å². The summed E-state index contributed by atoms with van der Waals surface area (Å²) in [7, 11) is 0. The Morgan fingerprint density at radius 2 is 1.67 bits per heavy atom. The number of rotatable bonds is 7.